The van der Waals surface area contributed by atoms with E-state index in [-0.39, 0.29) is 18.0 Å². The summed E-state index contributed by atoms with van der Waals surface area (Å²) in [5.41, 5.74) is 0.701. The molecule has 0 saturated carbocycles. The van der Waals surface area contributed by atoms with Gasteiger partial charge in [0.2, 0.25) is 0 Å². The average molecular weight is 427 g/mol. The van der Waals surface area contributed by atoms with Crippen LogP contribution < -0.4 is 9.47 Å². The predicted octanol–water partition coefficient (Wildman–Crippen LogP) is 4.09. The number of phenols is 1. The number of carbonyl (C=O) groups is 1. The first-order chi connectivity index (χ1) is 14.6. The van der Waals surface area contributed by atoms with E-state index in [0.29, 0.717) is 36.3 Å². The average Bonchev–Trinajstić information content (AvgIpc) is 2.71. The third-order valence-corrected chi connectivity index (χ3v) is 6.44. The van der Waals surface area contributed by atoms with Gasteiger partial charge in [0.25, 0.3) is 0 Å². The summed E-state index contributed by atoms with van der Waals surface area (Å²) in [7, 11) is 0. The van der Waals surface area contributed by atoms with Gasteiger partial charge in [0, 0.05) is 5.56 Å². The summed E-state index contributed by atoms with van der Waals surface area (Å²) in [6.07, 6.45) is 1.47. The molecule has 0 bridgehead atoms. The van der Waals surface area contributed by atoms with Crippen molar-refractivity contribution in [2.24, 2.45) is 0 Å². The summed E-state index contributed by atoms with van der Waals surface area (Å²) in [6, 6.07) is 10.3. The van der Waals surface area contributed by atoms with E-state index in [4.69, 9.17) is 9.47 Å². The molecule has 2 heterocycles. The lowest BCUT2D eigenvalue weighted by Gasteiger charge is -2.39. The minimum Gasteiger partial charge on any atom is -0.508 e. The molecule has 0 aliphatic carbocycles. The van der Waals surface area contributed by atoms with E-state index in [0.717, 1.165) is 17.5 Å². The number of ketones is 1. The van der Waals surface area contributed by atoms with Crippen molar-refractivity contribution < 1.29 is 29.6 Å². The molecule has 2 aromatic rings. The van der Waals surface area contributed by atoms with Crippen LogP contribution in [0.15, 0.2) is 36.4 Å². The van der Waals surface area contributed by atoms with Crippen LogP contribution in [-0.2, 0) is 6.42 Å². The van der Waals surface area contributed by atoms with Gasteiger partial charge in [-0.15, -0.1) is 0 Å². The van der Waals surface area contributed by atoms with Crippen LogP contribution in [0.25, 0.3) is 0 Å². The van der Waals surface area contributed by atoms with Crippen LogP contribution in [0.1, 0.15) is 74.0 Å². The molecule has 166 valence electrons. The van der Waals surface area contributed by atoms with E-state index in [9.17, 15) is 20.1 Å². The number of aliphatic hydroxyl groups excluding tert-OH is 1. The summed E-state index contributed by atoms with van der Waals surface area (Å²) in [6.45, 7) is 5.21. The number of aromatic hydroxyl groups is 1. The van der Waals surface area contributed by atoms with Crippen molar-refractivity contribution in [3.8, 4) is 17.2 Å². The van der Waals surface area contributed by atoms with Crippen LogP contribution in [0.5, 0.6) is 17.2 Å². The summed E-state index contributed by atoms with van der Waals surface area (Å²) >= 11 is 0. The number of Topliss-reactive ketones (excluding diaryl/α,β-unsaturated/α-hetero) is 1. The molecule has 3 atom stereocenters. The maximum atomic E-state index is 12.8. The highest BCUT2D eigenvalue weighted by Gasteiger charge is 2.38. The Bertz CT molecular complexity index is 975. The summed E-state index contributed by atoms with van der Waals surface area (Å²) < 4.78 is 12.6. The molecule has 4 rings (SSSR count). The van der Waals surface area contributed by atoms with Crippen LogP contribution in [0.3, 0.4) is 0 Å². The van der Waals surface area contributed by atoms with Gasteiger partial charge in [-0.1, -0.05) is 12.1 Å². The number of ether oxygens (including phenoxy) is 2. The number of aliphatic hydroxyl groups is 2. The molecule has 0 fully saturated rings. The fourth-order valence-electron chi connectivity index (χ4n) is 4.31. The molecule has 31 heavy (non-hydrogen) atoms. The molecule has 0 saturated heterocycles. The minimum atomic E-state index is -1.15. The Morgan fingerprint density at radius 2 is 1.90 bits per heavy atom. The zero-order valence-corrected chi connectivity index (χ0v) is 18.2. The molecule has 6 nitrogen and oxygen atoms in total. The SMILES string of the molecule is CC1(CCC(O)C(C)(C)O)CCc2c(ccc3c2O[C@H](c2ccc(O)cc2)CC3=O)O1. The fraction of sp³-hybridized carbons (Fsp3) is 0.480. The number of rotatable bonds is 5. The van der Waals surface area contributed by atoms with Gasteiger partial charge in [-0.3, -0.25) is 4.79 Å². The van der Waals surface area contributed by atoms with Crippen LogP contribution in [-0.4, -0.2) is 38.4 Å². The second kappa shape index (κ2) is 7.84. The van der Waals surface area contributed by atoms with Crippen LogP contribution >= 0.6 is 0 Å². The van der Waals surface area contributed by atoms with E-state index < -0.39 is 23.4 Å². The quantitative estimate of drug-likeness (QED) is 0.666. The number of fused-ring (bicyclic) bond motifs is 3. The summed E-state index contributed by atoms with van der Waals surface area (Å²) in [5, 5.41) is 29.7. The van der Waals surface area contributed by atoms with Gasteiger partial charge in [-0.2, -0.15) is 0 Å². The zero-order valence-electron chi connectivity index (χ0n) is 18.2. The lowest BCUT2D eigenvalue weighted by Crippen LogP contribution is -2.41. The third kappa shape index (κ3) is 4.41. The Balaban J connectivity index is 1.56. The molecule has 0 radical (unpaired) electrons. The van der Waals surface area contributed by atoms with E-state index in [1.165, 1.54) is 0 Å². The number of hydrogen-bond acceptors (Lipinski definition) is 6. The van der Waals surface area contributed by atoms with Crippen molar-refractivity contribution in [2.75, 3.05) is 0 Å². The molecule has 2 aliphatic heterocycles. The Morgan fingerprint density at radius 1 is 1.19 bits per heavy atom. The molecule has 0 aromatic heterocycles. The second-order valence-corrected chi connectivity index (χ2v) is 9.50. The first kappa shape index (κ1) is 21.7. The molecule has 3 N–H and O–H groups in total. The van der Waals surface area contributed by atoms with E-state index in [1.54, 1.807) is 44.2 Å². The Morgan fingerprint density at radius 3 is 2.58 bits per heavy atom. The van der Waals surface area contributed by atoms with Crippen molar-refractivity contribution >= 4 is 5.78 Å². The van der Waals surface area contributed by atoms with E-state index in [2.05, 4.69) is 0 Å². The minimum absolute atomic E-state index is 0.0313. The van der Waals surface area contributed by atoms with E-state index >= 15 is 0 Å². The molecule has 2 aromatic carbocycles. The highest BCUT2D eigenvalue weighted by Crippen LogP contribution is 2.46. The van der Waals surface area contributed by atoms with Crippen molar-refractivity contribution in [1.82, 2.24) is 0 Å². The lowest BCUT2D eigenvalue weighted by molar-refractivity contribution is -0.0622. The van der Waals surface area contributed by atoms with Crippen LogP contribution in [0.2, 0.25) is 0 Å². The normalized spacial score (nSPS) is 23.9. The maximum absolute atomic E-state index is 12.8. The Kier molecular flexibility index (Phi) is 5.48. The summed E-state index contributed by atoms with van der Waals surface area (Å²) in [4.78, 5) is 12.8. The second-order valence-electron chi connectivity index (χ2n) is 9.50. The molecular weight excluding hydrogens is 396 g/mol. The largest absolute Gasteiger partial charge is 0.508 e. The maximum Gasteiger partial charge on any atom is 0.170 e. The number of benzene rings is 2. The van der Waals surface area contributed by atoms with Crippen LogP contribution in [0, 0.1) is 0 Å². The zero-order chi connectivity index (χ0) is 22.4. The third-order valence-electron chi connectivity index (χ3n) is 6.44. The van der Waals surface area contributed by atoms with E-state index in [1.807, 2.05) is 13.0 Å². The Hall–Kier alpha value is -2.57. The van der Waals surface area contributed by atoms with Crippen molar-refractivity contribution in [1.29, 1.82) is 0 Å². The molecule has 2 unspecified atom stereocenters. The lowest BCUT2D eigenvalue weighted by atomic mass is 9.84. The van der Waals surface area contributed by atoms with Crippen molar-refractivity contribution in [2.45, 2.75) is 76.3 Å². The standard InChI is InChI=1S/C25H30O6/c1-24(2,29)22(28)11-13-25(3)12-10-18-20(31-25)9-8-17-19(27)14-21(30-23(17)18)15-4-6-16(26)7-5-15/h4-9,21-22,26,28-29H,10-14H2,1-3H3/t21-,22?,25?/m0/s1. The first-order valence-electron chi connectivity index (χ1n) is 10.8. The van der Waals surface area contributed by atoms with Crippen molar-refractivity contribution in [3.63, 3.8) is 0 Å². The van der Waals surface area contributed by atoms with Gasteiger partial charge in [-0.25, -0.2) is 0 Å². The van der Waals surface area contributed by atoms with Gasteiger partial charge in [0.15, 0.2) is 5.78 Å². The van der Waals surface area contributed by atoms with Crippen LogP contribution in [0.4, 0.5) is 0 Å². The number of hydrogen-bond donors (Lipinski definition) is 3. The van der Waals surface area contributed by atoms with Gasteiger partial charge in [0.05, 0.1) is 23.7 Å². The molecular formula is C25H30O6. The number of phenolic OH excluding ortho intramolecular Hbond substituents is 1. The molecule has 0 spiro atoms. The first-order valence-corrected chi connectivity index (χ1v) is 10.8. The monoisotopic (exact) mass is 426 g/mol. The molecule has 6 heteroatoms. The van der Waals surface area contributed by atoms with Gasteiger partial charge in [-0.05, 0) is 76.3 Å². The topological polar surface area (TPSA) is 96.2 Å². The van der Waals surface area contributed by atoms with Gasteiger partial charge < -0.3 is 24.8 Å². The fourth-order valence-corrected chi connectivity index (χ4v) is 4.31. The highest BCUT2D eigenvalue weighted by molar-refractivity contribution is 6.00. The highest BCUT2D eigenvalue weighted by atomic mass is 16.5. The number of carbonyl (C=O) groups excluding carboxylic acids is 1. The molecule has 0 amide bonds. The predicted molar refractivity (Wildman–Crippen MR) is 116 cm³/mol. The summed E-state index contributed by atoms with van der Waals surface area (Å²) in [5.74, 6) is 1.49. The van der Waals surface area contributed by atoms with Gasteiger partial charge in [0.1, 0.15) is 29.0 Å². The Labute approximate surface area is 182 Å². The molecule has 2 aliphatic rings. The van der Waals surface area contributed by atoms with Crippen molar-refractivity contribution in [3.05, 3.63) is 53.1 Å². The van der Waals surface area contributed by atoms with Gasteiger partial charge >= 0.3 is 0 Å². The smallest absolute Gasteiger partial charge is 0.170 e.